The molecule has 0 bridgehead atoms. The van der Waals surface area contributed by atoms with Crippen LogP contribution in [0.3, 0.4) is 0 Å². The molecule has 1 saturated heterocycles. The van der Waals surface area contributed by atoms with Crippen LogP contribution in [0.5, 0.6) is 0 Å². The zero-order chi connectivity index (χ0) is 32.6. The highest BCUT2D eigenvalue weighted by molar-refractivity contribution is 5.76. The first-order valence-corrected chi connectivity index (χ1v) is 17.8. The van der Waals surface area contributed by atoms with Crippen molar-refractivity contribution in [3.63, 3.8) is 0 Å². The van der Waals surface area contributed by atoms with E-state index in [9.17, 15) is 35.4 Å². The van der Waals surface area contributed by atoms with Crippen molar-refractivity contribution < 1.29 is 44.9 Å². The van der Waals surface area contributed by atoms with E-state index in [4.69, 9.17) is 9.47 Å². The molecular weight excluding hydrogens is 566 g/mol. The van der Waals surface area contributed by atoms with E-state index >= 15 is 0 Å². The lowest BCUT2D eigenvalue weighted by atomic mass is 9.98. The van der Waals surface area contributed by atoms with Crippen molar-refractivity contribution >= 4 is 5.91 Å². The molecule has 0 aliphatic carbocycles. The number of nitrogens with one attached hydrogen (secondary N) is 1. The molecule has 0 spiro atoms. The van der Waals surface area contributed by atoms with Crippen LogP contribution in [0.4, 0.5) is 0 Å². The fourth-order valence-electron chi connectivity index (χ4n) is 5.78. The summed E-state index contributed by atoms with van der Waals surface area (Å²) in [5, 5.41) is 64.4. The molecule has 262 valence electrons. The molecule has 1 heterocycles. The van der Waals surface area contributed by atoms with E-state index < -0.39 is 55.6 Å². The van der Waals surface area contributed by atoms with Gasteiger partial charge in [-0.2, -0.15) is 0 Å². The van der Waals surface area contributed by atoms with Gasteiger partial charge in [0, 0.05) is 6.42 Å². The molecule has 10 nitrogen and oxygen atoms in total. The van der Waals surface area contributed by atoms with Crippen LogP contribution in [0.25, 0.3) is 0 Å². The number of ether oxygens (including phenoxy) is 2. The second-order valence-electron chi connectivity index (χ2n) is 12.8. The first-order chi connectivity index (χ1) is 21.3. The van der Waals surface area contributed by atoms with E-state index in [0.717, 1.165) is 51.4 Å². The number of carbonyl (C=O) groups excluding carboxylic acids is 1. The van der Waals surface area contributed by atoms with Gasteiger partial charge in [-0.05, 0) is 12.8 Å². The molecule has 44 heavy (non-hydrogen) atoms. The maximum absolute atomic E-state index is 12.8. The highest BCUT2D eigenvalue weighted by atomic mass is 16.7. The number of aliphatic hydroxyl groups is 6. The Labute approximate surface area is 266 Å². The number of unbranched alkanes of at least 4 members (excludes halogenated alkanes) is 17. The van der Waals surface area contributed by atoms with Gasteiger partial charge < -0.3 is 45.4 Å². The fourth-order valence-corrected chi connectivity index (χ4v) is 5.78. The number of rotatable bonds is 28. The number of carbonyl (C=O) groups is 1. The van der Waals surface area contributed by atoms with E-state index in [-0.39, 0.29) is 18.9 Å². The Hall–Kier alpha value is -0.850. The van der Waals surface area contributed by atoms with E-state index in [1.807, 2.05) is 0 Å². The third-order valence-corrected chi connectivity index (χ3v) is 8.80. The summed E-state index contributed by atoms with van der Waals surface area (Å²) >= 11 is 0. The van der Waals surface area contributed by atoms with Crippen LogP contribution in [-0.4, -0.2) is 98.7 Å². The highest BCUT2D eigenvalue weighted by Gasteiger charge is 2.44. The monoisotopic (exact) mass is 633 g/mol. The largest absolute Gasteiger partial charge is 0.394 e. The third kappa shape index (κ3) is 17.7. The lowest BCUT2D eigenvalue weighted by Gasteiger charge is -2.40. The summed E-state index contributed by atoms with van der Waals surface area (Å²) < 4.78 is 11.0. The van der Waals surface area contributed by atoms with Crippen LogP contribution in [0.1, 0.15) is 149 Å². The highest BCUT2D eigenvalue weighted by Crippen LogP contribution is 2.23. The average Bonchev–Trinajstić information content (AvgIpc) is 3.02. The number of hydrogen-bond donors (Lipinski definition) is 7. The van der Waals surface area contributed by atoms with Crippen molar-refractivity contribution in [1.82, 2.24) is 5.32 Å². The molecule has 0 radical (unpaired) electrons. The Morgan fingerprint density at radius 2 is 1.18 bits per heavy atom. The van der Waals surface area contributed by atoms with Crippen LogP contribution < -0.4 is 5.32 Å². The molecule has 1 rings (SSSR count). The number of hydrogen-bond acceptors (Lipinski definition) is 9. The second-order valence-corrected chi connectivity index (χ2v) is 12.8. The predicted octanol–water partition coefficient (Wildman–Crippen LogP) is 4.24. The van der Waals surface area contributed by atoms with Gasteiger partial charge in [0.15, 0.2) is 6.29 Å². The van der Waals surface area contributed by atoms with Gasteiger partial charge in [0.2, 0.25) is 5.91 Å². The standard InChI is InChI=1S/C34H67NO9/c1-3-5-7-9-11-12-13-14-15-17-18-20-22-27(37)30(39)26(35-29(38)23-21-19-16-10-8-6-4-2)25-43-34-33(42)32(41)31(40)28(24-36)44-34/h26-28,30-34,36-37,39-42H,3-25H2,1-2H3,(H,35,38)/t26-,27+,28?,30-,31?,32?,33?,34?/m0/s1. The Kier molecular flexibility index (Phi) is 24.6. The van der Waals surface area contributed by atoms with Gasteiger partial charge in [-0.1, -0.05) is 129 Å². The molecule has 1 aliphatic rings. The summed E-state index contributed by atoms with van der Waals surface area (Å²) in [7, 11) is 0. The molecule has 5 unspecified atom stereocenters. The normalized spacial score (nSPS) is 24.2. The summed E-state index contributed by atoms with van der Waals surface area (Å²) in [6.07, 6.45) is 12.8. The third-order valence-electron chi connectivity index (χ3n) is 8.80. The summed E-state index contributed by atoms with van der Waals surface area (Å²) in [5.74, 6) is -0.266. The Balaban J connectivity index is 2.53. The summed E-state index contributed by atoms with van der Waals surface area (Å²) in [6, 6.07) is -0.980. The minimum absolute atomic E-state index is 0.266. The molecular formula is C34H67NO9. The topological polar surface area (TPSA) is 169 Å². The first kappa shape index (κ1) is 41.2. The van der Waals surface area contributed by atoms with Crippen LogP contribution in [-0.2, 0) is 14.3 Å². The fraction of sp³-hybridized carbons (Fsp3) is 0.971. The molecule has 8 atom stereocenters. The van der Waals surface area contributed by atoms with Crippen LogP contribution in [0, 0.1) is 0 Å². The molecule has 10 heteroatoms. The Morgan fingerprint density at radius 1 is 0.705 bits per heavy atom. The molecule has 0 aromatic heterocycles. The van der Waals surface area contributed by atoms with Crippen molar-refractivity contribution in [2.24, 2.45) is 0 Å². The molecule has 0 aromatic carbocycles. The van der Waals surface area contributed by atoms with Crippen LogP contribution >= 0.6 is 0 Å². The van der Waals surface area contributed by atoms with E-state index in [1.54, 1.807) is 0 Å². The quantitative estimate of drug-likeness (QED) is 0.0623. The number of amides is 1. The zero-order valence-corrected chi connectivity index (χ0v) is 27.8. The van der Waals surface area contributed by atoms with Crippen molar-refractivity contribution in [2.75, 3.05) is 13.2 Å². The van der Waals surface area contributed by atoms with Gasteiger partial charge in [-0.3, -0.25) is 4.79 Å². The Bertz CT molecular complexity index is 683. The van der Waals surface area contributed by atoms with E-state index in [2.05, 4.69) is 19.2 Å². The summed E-state index contributed by atoms with van der Waals surface area (Å²) in [6.45, 7) is 3.51. The minimum atomic E-state index is -1.60. The van der Waals surface area contributed by atoms with Crippen molar-refractivity contribution in [1.29, 1.82) is 0 Å². The maximum Gasteiger partial charge on any atom is 0.220 e. The zero-order valence-electron chi connectivity index (χ0n) is 27.8. The van der Waals surface area contributed by atoms with Gasteiger partial charge in [-0.25, -0.2) is 0 Å². The van der Waals surface area contributed by atoms with Gasteiger partial charge in [0.05, 0.1) is 25.4 Å². The lowest BCUT2D eigenvalue weighted by Crippen LogP contribution is -2.60. The SMILES string of the molecule is CCCCCCCCCCCCCC[C@@H](O)[C@@H](O)[C@H](COC1OC(CO)C(O)C(O)C1O)NC(=O)CCCCCCCCC. The predicted molar refractivity (Wildman–Crippen MR) is 172 cm³/mol. The Morgan fingerprint density at radius 3 is 1.68 bits per heavy atom. The van der Waals surface area contributed by atoms with E-state index in [0.29, 0.717) is 6.42 Å². The smallest absolute Gasteiger partial charge is 0.220 e. The van der Waals surface area contributed by atoms with E-state index in [1.165, 1.54) is 70.6 Å². The summed E-state index contributed by atoms with van der Waals surface area (Å²) in [4.78, 5) is 12.8. The summed E-state index contributed by atoms with van der Waals surface area (Å²) in [5.41, 5.74) is 0. The molecule has 1 aliphatic heterocycles. The van der Waals surface area contributed by atoms with Crippen molar-refractivity contribution in [2.45, 2.75) is 198 Å². The molecule has 1 amide bonds. The molecule has 0 saturated carbocycles. The maximum atomic E-state index is 12.8. The second kappa shape index (κ2) is 26.2. The van der Waals surface area contributed by atoms with Crippen molar-refractivity contribution in [3.8, 4) is 0 Å². The first-order valence-electron chi connectivity index (χ1n) is 17.8. The minimum Gasteiger partial charge on any atom is -0.394 e. The van der Waals surface area contributed by atoms with Gasteiger partial charge in [0.1, 0.15) is 30.5 Å². The average molecular weight is 634 g/mol. The van der Waals surface area contributed by atoms with Gasteiger partial charge in [0.25, 0.3) is 0 Å². The number of aliphatic hydroxyl groups excluding tert-OH is 6. The van der Waals surface area contributed by atoms with Crippen LogP contribution in [0.15, 0.2) is 0 Å². The molecule has 7 N–H and O–H groups in total. The van der Waals surface area contributed by atoms with Gasteiger partial charge >= 0.3 is 0 Å². The van der Waals surface area contributed by atoms with Gasteiger partial charge in [-0.15, -0.1) is 0 Å². The molecule has 0 aromatic rings. The van der Waals surface area contributed by atoms with Crippen LogP contribution in [0.2, 0.25) is 0 Å². The van der Waals surface area contributed by atoms with Crippen molar-refractivity contribution in [3.05, 3.63) is 0 Å². The molecule has 1 fully saturated rings. The lowest BCUT2D eigenvalue weighted by molar-refractivity contribution is -0.303.